The van der Waals surface area contributed by atoms with Crippen LogP contribution in [0.5, 0.6) is 0 Å². The van der Waals surface area contributed by atoms with Crippen LogP contribution in [0, 0.1) is 20.2 Å². The summed E-state index contributed by atoms with van der Waals surface area (Å²) in [6.07, 6.45) is 0. The van der Waals surface area contributed by atoms with Gasteiger partial charge in [0.25, 0.3) is 11.4 Å². The van der Waals surface area contributed by atoms with Crippen molar-refractivity contribution in [1.82, 2.24) is 0 Å². The minimum atomic E-state index is -0.557. The Kier molecular flexibility index (Phi) is 6.47. The van der Waals surface area contributed by atoms with Crippen molar-refractivity contribution in [1.29, 1.82) is 0 Å². The third kappa shape index (κ3) is 5.56. The molecule has 0 saturated carbocycles. The van der Waals surface area contributed by atoms with E-state index in [1.165, 1.54) is 53.5 Å². The zero-order chi connectivity index (χ0) is 19.8. The van der Waals surface area contributed by atoms with Crippen LogP contribution < -0.4 is 5.01 Å². The molecule has 0 heterocycles. The molecule has 0 N–H and O–H groups in total. The Labute approximate surface area is 153 Å². The van der Waals surface area contributed by atoms with Crippen LogP contribution >= 0.6 is 0 Å². The van der Waals surface area contributed by atoms with Crippen molar-refractivity contribution in [2.45, 2.75) is 6.92 Å². The van der Waals surface area contributed by atoms with Crippen LogP contribution in [0.25, 0.3) is 0 Å². The first-order chi connectivity index (χ1) is 12.9. The average Bonchev–Trinajstić information content (AvgIpc) is 2.65. The van der Waals surface area contributed by atoms with E-state index < -0.39 is 15.8 Å². The molecule has 0 spiro atoms. The zero-order valence-corrected chi connectivity index (χ0v) is 14.2. The molecule has 0 fully saturated rings. The molecule has 2 rings (SSSR count). The van der Waals surface area contributed by atoms with Gasteiger partial charge in [-0.2, -0.15) is 0 Å². The number of hydrogen-bond acceptors (Lipinski definition) is 8. The van der Waals surface area contributed by atoms with Gasteiger partial charge in [-0.25, -0.2) is 5.01 Å². The van der Waals surface area contributed by atoms with E-state index in [1.54, 1.807) is 6.92 Å². The van der Waals surface area contributed by atoms with E-state index in [9.17, 15) is 25.0 Å². The summed E-state index contributed by atoms with van der Waals surface area (Å²) in [7, 11) is 0. The van der Waals surface area contributed by atoms with Gasteiger partial charge in [0.15, 0.2) is 0 Å². The zero-order valence-electron chi connectivity index (χ0n) is 14.2. The predicted molar refractivity (Wildman–Crippen MR) is 94.7 cm³/mol. The summed E-state index contributed by atoms with van der Waals surface area (Å²) >= 11 is 0. The van der Waals surface area contributed by atoms with Gasteiger partial charge in [-0.05, 0) is 31.2 Å². The molecule has 0 amide bonds. The van der Waals surface area contributed by atoms with E-state index in [1.807, 2.05) is 0 Å². The Hall–Kier alpha value is -3.89. The molecule has 0 aliphatic heterocycles. The Balaban J connectivity index is 2.24. The van der Waals surface area contributed by atoms with Gasteiger partial charge < -0.3 is 4.74 Å². The lowest BCUT2D eigenvalue weighted by molar-refractivity contribution is -0.385. The molecule has 27 heavy (non-hydrogen) atoms. The topological polar surface area (TPSA) is 141 Å². The molecule has 140 valence electrons. The van der Waals surface area contributed by atoms with Crippen molar-refractivity contribution in [3.63, 3.8) is 0 Å². The smallest absolute Gasteiger partial charge is 0.327 e. The number of carbonyl (C=O) groups is 1. The molecule has 11 nitrogen and oxygen atoms in total. The number of nitro benzene ring substituents is 2. The molecule has 0 saturated heterocycles. The monoisotopic (exact) mass is 373 g/mol. The van der Waals surface area contributed by atoms with E-state index in [4.69, 9.17) is 4.74 Å². The van der Waals surface area contributed by atoms with Crippen LogP contribution in [0.1, 0.15) is 6.92 Å². The lowest BCUT2D eigenvalue weighted by Gasteiger charge is -2.16. The Morgan fingerprint density at radius 2 is 1.52 bits per heavy atom. The van der Waals surface area contributed by atoms with Crippen LogP contribution in [0.4, 0.5) is 22.7 Å². The number of ether oxygens (including phenoxy) is 1. The van der Waals surface area contributed by atoms with Crippen molar-refractivity contribution >= 4 is 28.7 Å². The van der Waals surface area contributed by atoms with Gasteiger partial charge in [-0.15, -0.1) is 5.11 Å². The Morgan fingerprint density at radius 1 is 1.00 bits per heavy atom. The first-order valence-electron chi connectivity index (χ1n) is 7.74. The number of nitrogens with zero attached hydrogens (tertiary/aromatic N) is 5. The van der Waals surface area contributed by atoms with Gasteiger partial charge in [0.2, 0.25) is 0 Å². The Morgan fingerprint density at radius 3 is 2.00 bits per heavy atom. The van der Waals surface area contributed by atoms with Gasteiger partial charge in [0.1, 0.15) is 6.54 Å². The molecule has 0 atom stereocenters. The minimum Gasteiger partial charge on any atom is -0.465 e. The number of anilines is 1. The van der Waals surface area contributed by atoms with E-state index in [-0.39, 0.29) is 24.5 Å². The van der Waals surface area contributed by atoms with E-state index >= 15 is 0 Å². The summed E-state index contributed by atoms with van der Waals surface area (Å²) in [5.41, 5.74) is 0.519. The third-order valence-electron chi connectivity index (χ3n) is 3.27. The van der Waals surface area contributed by atoms with Gasteiger partial charge in [0.05, 0.1) is 27.8 Å². The fourth-order valence-electron chi connectivity index (χ4n) is 2.00. The maximum atomic E-state index is 11.8. The minimum absolute atomic E-state index is 0.0901. The molecule has 0 radical (unpaired) electrons. The number of non-ortho nitro benzene ring substituents is 2. The van der Waals surface area contributed by atoms with Crippen molar-refractivity contribution in [2.24, 2.45) is 10.3 Å². The molecule has 0 unspecified atom stereocenters. The summed E-state index contributed by atoms with van der Waals surface area (Å²) in [4.78, 5) is 32.1. The largest absolute Gasteiger partial charge is 0.465 e. The lowest BCUT2D eigenvalue weighted by atomic mass is 10.3. The number of nitro groups is 2. The normalized spacial score (nSPS) is 10.6. The van der Waals surface area contributed by atoms with Crippen LogP contribution in [-0.2, 0) is 9.53 Å². The number of carbonyl (C=O) groups excluding carboxylic acids is 1. The molecule has 11 heteroatoms. The summed E-state index contributed by atoms with van der Waals surface area (Å²) < 4.78 is 4.88. The van der Waals surface area contributed by atoms with Gasteiger partial charge in [-0.1, -0.05) is 5.22 Å². The lowest BCUT2D eigenvalue weighted by Crippen LogP contribution is -2.26. The molecule has 2 aromatic carbocycles. The molecular weight excluding hydrogens is 358 g/mol. The molecule has 0 aliphatic rings. The number of benzene rings is 2. The number of esters is 1. The molecule has 0 aliphatic carbocycles. The van der Waals surface area contributed by atoms with Gasteiger partial charge >= 0.3 is 5.97 Å². The van der Waals surface area contributed by atoms with Gasteiger partial charge in [0, 0.05) is 24.3 Å². The summed E-state index contributed by atoms with van der Waals surface area (Å²) in [6, 6.07) is 10.7. The first-order valence-corrected chi connectivity index (χ1v) is 7.74. The highest BCUT2D eigenvalue weighted by Gasteiger charge is 2.14. The summed E-state index contributed by atoms with van der Waals surface area (Å²) in [5.74, 6) is -0.557. The van der Waals surface area contributed by atoms with E-state index in [0.29, 0.717) is 11.4 Å². The highest BCUT2D eigenvalue weighted by atomic mass is 16.6. The second kappa shape index (κ2) is 8.99. The second-order valence-corrected chi connectivity index (χ2v) is 5.10. The maximum Gasteiger partial charge on any atom is 0.327 e. The summed E-state index contributed by atoms with van der Waals surface area (Å²) in [6.45, 7) is 1.58. The Bertz CT molecular complexity index is 851. The average molecular weight is 373 g/mol. The van der Waals surface area contributed by atoms with E-state index in [2.05, 4.69) is 10.3 Å². The van der Waals surface area contributed by atoms with Crippen molar-refractivity contribution in [2.75, 3.05) is 18.2 Å². The van der Waals surface area contributed by atoms with Crippen molar-refractivity contribution in [3.05, 3.63) is 68.8 Å². The fraction of sp³-hybridized carbons (Fsp3) is 0.188. The molecule has 2 aromatic rings. The van der Waals surface area contributed by atoms with Crippen LogP contribution in [0.2, 0.25) is 0 Å². The first kappa shape index (κ1) is 19.4. The summed E-state index contributed by atoms with van der Waals surface area (Å²) in [5, 5.41) is 30.5. The van der Waals surface area contributed by atoms with Crippen LogP contribution in [0.15, 0.2) is 58.9 Å². The predicted octanol–water partition coefficient (Wildman–Crippen LogP) is 3.57. The number of rotatable bonds is 8. The molecular formula is C16H15N5O6. The van der Waals surface area contributed by atoms with Crippen molar-refractivity contribution in [3.8, 4) is 0 Å². The van der Waals surface area contributed by atoms with Crippen molar-refractivity contribution < 1.29 is 19.4 Å². The van der Waals surface area contributed by atoms with Gasteiger partial charge in [-0.3, -0.25) is 25.0 Å². The SMILES string of the molecule is CCOC(=O)CN(N=Nc1ccc([N+](=O)[O-])cc1)c1ccc([N+](=O)[O-])cc1. The fourth-order valence-corrected chi connectivity index (χ4v) is 2.00. The van der Waals surface area contributed by atoms with Crippen LogP contribution in [0.3, 0.4) is 0 Å². The molecule has 0 aromatic heterocycles. The third-order valence-corrected chi connectivity index (χ3v) is 3.27. The van der Waals surface area contributed by atoms with Crippen LogP contribution in [-0.4, -0.2) is 29.0 Å². The number of hydrogen-bond donors (Lipinski definition) is 0. The highest BCUT2D eigenvalue weighted by Crippen LogP contribution is 2.22. The van der Waals surface area contributed by atoms with E-state index in [0.717, 1.165) is 0 Å². The molecule has 0 bridgehead atoms. The second-order valence-electron chi connectivity index (χ2n) is 5.10. The standard InChI is InChI=1S/C16H15N5O6/c1-2-27-16(22)11-19(13-7-9-15(10-8-13)21(25)26)18-17-12-3-5-14(6-4-12)20(23)24/h3-10H,2,11H2,1H3. The quantitative estimate of drug-likeness (QED) is 0.298. The maximum absolute atomic E-state index is 11.8. The highest BCUT2D eigenvalue weighted by molar-refractivity contribution is 5.75.